The third-order valence-corrected chi connectivity index (χ3v) is 4.38. The van der Waals surface area contributed by atoms with E-state index in [1.54, 1.807) is 18.7 Å². The Bertz CT molecular complexity index is 766. The fourth-order valence-electron chi connectivity index (χ4n) is 2.82. The number of benzene rings is 1. The molecule has 0 saturated carbocycles. The summed E-state index contributed by atoms with van der Waals surface area (Å²) in [6.07, 6.45) is -0.233. The second-order valence-electron chi connectivity index (χ2n) is 6.21. The monoisotopic (exact) mass is 378 g/mol. The third-order valence-electron chi connectivity index (χ3n) is 4.04. The van der Waals surface area contributed by atoms with Crippen LogP contribution in [-0.4, -0.2) is 55.1 Å². The van der Waals surface area contributed by atoms with Gasteiger partial charge < -0.3 is 14.4 Å². The number of hydrogen-bond donors (Lipinski definition) is 0. The minimum absolute atomic E-state index is 0.0970. The molecule has 1 aromatic carbocycles. The zero-order valence-electron chi connectivity index (χ0n) is 14.5. The number of amides is 2. The minimum atomic E-state index is -0.573. The molecule has 0 unspecified atom stereocenters. The van der Waals surface area contributed by atoms with Gasteiger partial charge in [0.25, 0.3) is 11.8 Å². The number of rotatable bonds is 4. The number of morpholine rings is 1. The van der Waals surface area contributed by atoms with Crippen LogP contribution in [0.25, 0.3) is 0 Å². The van der Waals surface area contributed by atoms with E-state index in [4.69, 9.17) is 21.1 Å². The molecule has 1 fully saturated rings. The second-order valence-corrected chi connectivity index (χ2v) is 6.59. The SMILES string of the molecule is CC(C)OC(=O)c1ccc(N2C(=O)C(Cl)=C(N3CCOCC3)C2=O)cc1. The van der Waals surface area contributed by atoms with Crippen LogP contribution < -0.4 is 4.90 Å². The van der Waals surface area contributed by atoms with Gasteiger partial charge in [0.15, 0.2) is 0 Å². The summed E-state index contributed by atoms with van der Waals surface area (Å²) in [7, 11) is 0. The Labute approximate surface area is 156 Å². The van der Waals surface area contributed by atoms with Gasteiger partial charge in [-0.3, -0.25) is 9.59 Å². The van der Waals surface area contributed by atoms with Gasteiger partial charge in [0.1, 0.15) is 10.7 Å². The van der Waals surface area contributed by atoms with Gasteiger partial charge >= 0.3 is 5.97 Å². The fraction of sp³-hybridized carbons (Fsp3) is 0.389. The van der Waals surface area contributed by atoms with Gasteiger partial charge in [0.05, 0.1) is 30.6 Å². The number of hydrogen-bond acceptors (Lipinski definition) is 6. The first-order valence-electron chi connectivity index (χ1n) is 8.32. The van der Waals surface area contributed by atoms with E-state index in [0.29, 0.717) is 37.6 Å². The van der Waals surface area contributed by atoms with E-state index in [1.165, 1.54) is 24.3 Å². The van der Waals surface area contributed by atoms with Crippen molar-refractivity contribution in [3.05, 3.63) is 40.6 Å². The molecule has 2 aliphatic heterocycles. The highest BCUT2D eigenvalue weighted by molar-refractivity contribution is 6.52. The maximum atomic E-state index is 12.8. The van der Waals surface area contributed by atoms with Crippen LogP contribution >= 0.6 is 11.6 Å². The summed E-state index contributed by atoms with van der Waals surface area (Å²) in [6.45, 7) is 5.46. The molecular formula is C18H19ClN2O5. The molecule has 8 heteroatoms. The molecule has 0 aromatic heterocycles. The quantitative estimate of drug-likeness (QED) is 0.588. The van der Waals surface area contributed by atoms with Crippen LogP contribution in [0.3, 0.4) is 0 Å². The van der Waals surface area contributed by atoms with Crippen LogP contribution in [-0.2, 0) is 19.1 Å². The number of imide groups is 1. The zero-order chi connectivity index (χ0) is 18.8. The molecule has 26 heavy (non-hydrogen) atoms. The zero-order valence-corrected chi connectivity index (χ0v) is 15.3. The second kappa shape index (κ2) is 7.47. The van der Waals surface area contributed by atoms with Gasteiger partial charge in [-0.2, -0.15) is 0 Å². The molecule has 2 amide bonds. The lowest BCUT2D eigenvalue weighted by atomic mass is 10.2. The molecule has 0 N–H and O–H groups in total. The Morgan fingerprint density at radius 1 is 1.12 bits per heavy atom. The van der Waals surface area contributed by atoms with Crippen LogP contribution in [0.1, 0.15) is 24.2 Å². The summed E-state index contributed by atoms with van der Waals surface area (Å²) in [5.41, 5.74) is 0.889. The largest absolute Gasteiger partial charge is 0.459 e. The van der Waals surface area contributed by atoms with Crippen molar-refractivity contribution in [3.63, 3.8) is 0 Å². The van der Waals surface area contributed by atoms with E-state index in [1.807, 2.05) is 0 Å². The molecule has 0 spiro atoms. The Balaban J connectivity index is 1.81. The Hall–Kier alpha value is -2.38. The number of nitrogens with zero attached hydrogens (tertiary/aromatic N) is 2. The summed E-state index contributed by atoms with van der Waals surface area (Å²) in [4.78, 5) is 40.0. The summed E-state index contributed by atoms with van der Waals surface area (Å²) in [5.74, 6) is -1.51. The lowest BCUT2D eigenvalue weighted by molar-refractivity contribution is -0.121. The van der Waals surface area contributed by atoms with E-state index in [0.717, 1.165) is 4.90 Å². The van der Waals surface area contributed by atoms with Gasteiger partial charge in [0, 0.05) is 13.1 Å². The standard InChI is InChI=1S/C18H19ClN2O5/c1-11(2)26-18(24)12-3-5-13(6-4-12)21-16(22)14(19)15(17(21)23)20-7-9-25-10-8-20/h3-6,11H,7-10H2,1-2H3. The first kappa shape index (κ1) is 18.4. The van der Waals surface area contributed by atoms with E-state index < -0.39 is 17.8 Å². The molecule has 0 bridgehead atoms. The normalized spacial score (nSPS) is 18.2. The topological polar surface area (TPSA) is 76.2 Å². The van der Waals surface area contributed by atoms with Gasteiger partial charge in [-0.05, 0) is 38.1 Å². The average Bonchev–Trinajstić information content (AvgIpc) is 2.84. The smallest absolute Gasteiger partial charge is 0.338 e. The molecule has 0 radical (unpaired) electrons. The average molecular weight is 379 g/mol. The van der Waals surface area contributed by atoms with Crippen molar-refractivity contribution in [1.29, 1.82) is 0 Å². The van der Waals surface area contributed by atoms with Crippen molar-refractivity contribution in [2.24, 2.45) is 0 Å². The van der Waals surface area contributed by atoms with Crippen molar-refractivity contribution < 1.29 is 23.9 Å². The molecule has 2 heterocycles. The van der Waals surface area contributed by atoms with Crippen molar-refractivity contribution in [1.82, 2.24) is 4.90 Å². The Morgan fingerprint density at radius 3 is 2.31 bits per heavy atom. The minimum Gasteiger partial charge on any atom is -0.459 e. The van der Waals surface area contributed by atoms with Gasteiger partial charge in [-0.1, -0.05) is 11.6 Å². The van der Waals surface area contributed by atoms with E-state index in [-0.39, 0.29) is 16.8 Å². The molecule has 7 nitrogen and oxygen atoms in total. The Kier molecular flexibility index (Phi) is 5.29. The highest BCUT2D eigenvalue weighted by Crippen LogP contribution is 2.31. The summed E-state index contributed by atoms with van der Waals surface area (Å²) in [6, 6.07) is 6.08. The van der Waals surface area contributed by atoms with Crippen LogP contribution in [0.4, 0.5) is 5.69 Å². The van der Waals surface area contributed by atoms with E-state index in [2.05, 4.69) is 0 Å². The third kappa shape index (κ3) is 3.45. The Morgan fingerprint density at radius 2 is 1.73 bits per heavy atom. The predicted octanol–water partition coefficient (Wildman–Crippen LogP) is 1.91. The van der Waals surface area contributed by atoms with Gasteiger partial charge in [-0.25, -0.2) is 9.69 Å². The summed E-state index contributed by atoms with van der Waals surface area (Å²) >= 11 is 6.15. The maximum Gasteiger partial charge on any atom is 0.338 e. The van der Waals surface area contributed by atoms with E-state index >= 15 is 0 Å². The van der Waals surface area contributed by atoms with Gasteiger partial charge in [-0.15, -0.1) is 0 Å². The highest BCUT2D eigenvalue weighted by atomic mass is 35.5. The predicted molar refractivity (Wildman–Crippen MR) is 94.8 cm³/mol. The van der Waals surface area contributed by atoms with Crippen LogP contribution in [0, 0.1) is 0 Å². The number of halogens is 1. The van der Waals surface area contributed by atoms with Crippen molar-refractivity contribution >= 4 is 35.1 Å². The molecule has 0 atom stereocenters. The van der Waals surface area contributed by atoms with Crippen molar-refractivity contribution in [2.75, 3.05) is 31.2 Å². The maximum absolute atomic E-state index is 12.8. The fourth-order valence-corrected chi connectivity index (χ4v) is 3.10. The molecule has 3 rings (SSSR count). The highest BCUT2D eigenvalue weighted by Gasteiger charge is 2.41. The lowest BCUT2D eigenvalue weighted by Crippen LogP contribution is -2.40. The van der Waals surface area contributed by atoms with Crippen LogP contribution in [0.15, 0.2) is 35.0 Å². The molecule has 0 aliphatic carbocycles. The first-order chi connectivity index (χ1) is 12.4. The van der Waals surface area contributed by atoms with Gasteiger partial charge in [0.2, 0.25) is 0 Å². The molecule has 2 aliphatic rings. The van der Waals surface area contributed by atoms with Crippen LogP contribution in [0.5, 0.6) is 0 Å². The molecule has 1 saturated heterocycles. The van der Waals surface area contributed by atoms with E-state index in [9.17, 15) is 14.4 Å². The van der Waals surface area contributed by atoms with Crippen molar-refractivity contribution in [3.8, 4) is 0 Å². The summed E-state index contributed by atoms with van der Waals surface area (Å²) < 4.78 is 10.4. The number of ether oxygens (including phenoxy) is 2. The number of esters is 1. The summed E-state index contributed by atoms with van der Waals surface area (Å²) in [5, 5.41) is -0.0970. The molecule has 1 aromatic rings. The van der Waals surface area contributed by atoms with Crippen molar-refractivity contribution in [2.45, 2.75) is 20.0 Å². The number of carbonyl (C=O) groups is 3. The molecular weight excluding hydrogens is 360 g/mol. The van der Waals surface area contributed by atoms with Crippen LogP contribution in [0.2, 0.25) is 0 Å². The lowest BCUT2D eigenvalue weighted by Gasteiger charge is -2.29. The first-order valence-corrected chi connectivity index (χ1v) is 8.70. The number of carbonyl (C=O) groups excluding carboxylic acids is 3. The molecule has 138 valence electrons. The number of anilines is 1.